The Morgan fingerprint density at radius 3 is 2.00 bits per heavy atom. The molecule has 0 aliphatic heterocycles. The van der Waals surface area contributed by atoms with Crippen LogP contribution in [0.1, 0.15) is 82.4 Å². The van der Waals surface area contributed by atoms with Gasteiger partial charge in [-0.2, -0.15) is 0 Å². The Labute approximate surface area is 141 Å². The van der Waals surface area contributed by atoms with Gasteiger partial charge in [0.25, 0.3) is 0 Å². The standard InChI is InChI=1S/C20H33NO2/c1-5-8-10-16-13-18(15(4)20(23)21-12-7-3)14-17(19(16)22)11-9-6-2/h13-15,22H,5-12H2,1-4H3,(H,21,23). The molecule has 1 aromatic carbocycles. The molecule has 23 heavy (non-hydrogen) atoms. The van der Waals surface area contributed by atoms with Gasteiger partial charge in [0.1, 0.15) is 5.75 Å². The Bertz CT molecular complexity index is 467. The van der Waals surface area contributed by atoms with Crippen LogP contribution >= 0.6 is 0 Å². The number of hydrogen-bond acceptors (Lipinski definition) is 2. The second-order valence-corrected chi connectivity index (χ2v) is 6.41. The molecule has 3 nitrogen and oxygen atoms in total. The summed E-state index contributed by atoms with van der Waals surface area (Å²) in [6.07, 6.45) is 7.00. The third-order valence-electron chi connectivity index (χ3n) is 4.33. The Morgan fingerprint density at radius 1 is 1.04 bits per heavy atom. The van der Waals surface area contributed by atoms with Crippen molar-refractivity contribution < 1.29 is 9.90 Å². The molecule has 0 heterocycles. The lowest BCUT2D eigenvalue weighted by atomic mass is 9.91. The molecule has 0 spiro atoms. The lowest BCUT2D eigenvalue weighted by Crippen LogP contribution is -2.28. The second-order valence-electron chi connectivity index (χ2n) is 6.41. The maximum Gasteiger partial charge on any atom is 0.227 e. The van der Waals surface area contributed by atoms with Gasteiger partial charge in [-0.3, -0.25) is 4.79 Å². The summed E-state index contributed by atoms with van der Waals surface area (Å²) in [6.45, 7) is 9.02. The molecule has 0 saturated carbocycles. The molecule has 0 aliphatic rings. The van der Waals surface area contributed by atoms with Gasteiger partial charge >= 0.3 is 0 Å². The fraction of sp³-hybridized carbons (Fsp3) is 0.650. The van der Waals surface area contributed by atoms with Gasteiger partial charge in [-0.25, -0.2) is 0 Å². The van der Waals surface area contributed by atoms with E-state index in [1.165, 1.54) is 0 Å². The number of phenols is 1. The Balaban J connectivity index is 3.06. The van der Waals surface area contributed by atoms with E-state index in [2.05, 4.69) is 26.1 Å². The smallest absolute Gasteiger partial charge is 0.227 e. The number of benzene rings is 1. The van der Waals surface area contributed by atoms with Gasteiger partial charge in [-0.15, -0.1) is 0 Å². The van der Waals surface area contributed by atoms with E-state index >= 15 is 0 Å². The van der Waals surface area contributed by atoms with Crippen molar-refractivity contribution >= 4 is 5.91 Å². The third kappa shape index (κ3) is 5.89. The summed E-state index contributed by atoms with van der Waals surface area (Å²) in [5, 5.41) is 13.5. The highest BCUT2D eigenvalue weighted by atomic mass is 16.3. The van der Waals surface area contributed by atoms with Crippen molar-refractivity contribution in [1.29, 1.82) is 0 Å². The first-order valence-electron chi connectivity index (χ1n) is 9.17. The van der Waals surface area contributed by atoms with E-state index in [9.17, 15) is 9.90 Å². The average molecular weight is 319 g/mol. The zero-order valence-electron chi connectivity index (χ0n) is 15.2. The number of aromatic hydroxyl groups is 1. The highest BCUT2D eigenvalue weighted by molar-refractivity contribution is 5.83. The number of nitrogens with one attached hydrogen (secondary N) is 1. The van der Waals surface area contributed by atoms with Crippen LogP contribution in [0.15, 0.2) is 12.1 Å². The summed E-state index contributed by atoms with van der Waals surface area (Å²) in [6, 6.07) is 4.05. The molecule has 1 amide bonds. The van der Waals surface area contributed by atoms with E-state index in [1.54, 1.807) is 0 Å². The maximum absolute atomic E-state index is 12.3. The van der Waals surface area contributed by atoms with Gasteiger partial charge in [0.15, 0.2) is 0 Å². The summed E-state index contributed by atoms with van der Waals surface area (Å²) >= 11 is 0. The number of amides is 1. The fourth-order valence-corrected chi connectivity index (χ4v) is 2.71. The van der Waals surface area contributed by atoms with Crippen LogP contribution in [-0.4, -0.2) is 17.6 Å². The summed E-state index contributed by atoms with van der Waals surface area (Å²) in [5.41, 5.74) is 3.00. The molecule has 0 radical (unpaired) electrons. The van der Waals surface area contributed by atoms with Gasteiger partial charge in [0, 0.05) is 6.54 Å². The van der Waals surface area contributed by atoms with E-state index in [1.807, 2.05) is 19.1 Å². The first-order chi connectivity index (χ1) is 11.0. The normalized spacial score (nSPS) is 12.2. The molecule has 0 aromatic heterocycles. The molecule has 0 aliphatic carbocycles. The van der Waals surface area contributed by atoms with Gasteiger partial charge < -0.3 is 10.4 Å². The van der Waals surface area contributed by atoms with E-state index in [4.69, 9.17) is 0 Å². The van der Waals surface area contributed by atoms with Crippen molar-refractivity contribution in [1.82, 2.24) is 5.32 Å². The second kappa shape index (κ2) is 10.3. The van der Waals surface area contributed by atoms with Crippen LogP contribution in [0.2, 0.25) is 0 Å². The number of phenolic OH excluding ortho intramolecular Hbond substituents is 1. The number of rotatable bonds is 10. The molecule has 2 N–H and O–H groups in total. The lowest BCUT2D eigenvalue weighted by molar-refractivity contribution is -0.122. The summed E-state index contributed by atoms with van der Waals surface area (Å²) < 4.78 is 0. The number of carbonyl (C=O) groups is 1. The molecule has 1 unspecified atom stereocenters. The van der Waals surface area contributed by atoms with Crippen LogP contribution in [0.5, 0.6) is 5.75 Å². The minimum absolute atomic E-state index is 0.0698. The van der Waals surface area contributed by atoms with Crippen molar-refractivity contribution in [3.05, 3.63) is 28.8 Å². The van der Waals surface area contributed by atoms with E-state index in [0.29, 0.717) is 12.3 Å². The van der Waals surface area contributed by atoms with Gasteiger partial charge in [-0.1, -0.05) is 45.7 Å². The van der Waals surface area contributed by atoms with Crippen molar-refractivity contribution in [3.8, 4) is 5.75 Å². The predicted octanol–water partition coefficient (Wildman–Crippen LogP) is 4.71. The zero-order valence-corrected chi connectivity index (χ0v) is 15.2. The van der Waals surface area contributed by atoms with E-state index in [0.717, 1.165) is 61.6 Å². The minimum Gasteiger partial charge on any atom is -0.507 e. The summed E-state index contributed by atoms with van der Waals surface area (Å²) in [5.74, 6) is 0.333. The molecule has 3 heteroatoms. The fourth-order valence-electron chi connectivity index (χ4n) is 2.71. The van der Waals surface area contributed by atoms with Crippen molar-refractivity contribution in [2.24, 2.45) is 0 Å². The molecule has 1 atom stereocenters. The molecule has 1 aromatic rings. The largest absolute Gasteiger partial charge is 0.507 e. The molecular weight excluding hydrogens is 286 g/mol. The van der Waals surface area contributed by atoms with Crippen LogP contribution in [-0.2, 0) is 17.6 Å². The Morgan fingerprint density at radius 2 is 1.57 bits per heavy atom. The van der Waals surface area contributed by atoms with Gasteiger partial charge in [0.2, 0.25) is 5.91 Å². The zero-order chi connectivity index (χ0) is 17.2. The summed E-state index contributed by atoms with van der Waals surface area (Å²) in [4.78, 5) is 12.3. The van der Waals surface area contributed by atoms with Crippen molar-refractivity contribution in [2.45, 2.75) is 78.6 Å². The van der Waals surface area contributed by atoms with Gasteiger partial charge in [-0.05, 0) is 55.7 Å². The predicted molar refractivity (Wildman–Crippen MR) is 97.0 cm³/mol. The topological polar surface area (TPSA) is 49.3 Å². The van der Waals surface area contributed by atoms with Crippen LogP contribution in [0.4, 0.5) is 0 Å². The van der Waals surface area contributed by atoms with Crippen LogP contribution in [0.3, 0.4) is 0 Å². The SMILES string of the molecule is CCCCc1cc(C(C)C(=O)NCCC)cc(CCCC)c1O. The number of carbonyl (C=O) groups excluding carboxylic acids is 1. The molecule has 0 bridgehead atoms. The summed E-state index contributed by atoms with van der Waals surface area (Å²) in [7, 11) is 0. The Kier molecular flexibility index (Phi) is 8.75. The van der Waals surface area contributed by atoms with Crippen molar-refractivity contribution in [2.75, 3.05) is 6.54 Å². The van der Waals surface area contributed by atoms with Crippen molar-refractivity contribution in [3.63, 3.8) is 0 Å². The highest BCUT2D eigenvalue weighted by Gasteiger charge is 2.18. The monoisotopic (exact) mass is 319 g/mol. The van der Waals surface area contributed by atoms with Gasteiger partial charge in [0.05, 0.1) is 5.92 Å². The van der Waals surface area contributed by atoms with E-state index < -0.39 is 0 Å². The lowest BCUT2D eigenvalue weighted by Gasteiger charge is -2.17. The molecule has 130 valence electrons. The first kappa shape index (κ1) is 19.5. The number of unbranched alkanes of at least 4 members (excludes halogenated alkanes) is 2. The number of aryl methyl sites for hydroxylation is 2. The molecular formula is C20H33NO2. The first-order valence-corrected chi connectivity index (χ1v) is 9.17. The van der Waals surface area contributed by atoms with Crippen LogP contribution in [0, 0.1) is 0 Å². The van der Waals surface area contributed by atoms with Crippen LogP contribution in [0.25, 0.3) is 0 Å². The maximum atomic E-state index is 12.3. The molecule has 1 rings (SSSR count). The average Bonchev–Trinajstić information content (AvgIpc) is 2.56. The highest BCUT2D eigenvalue weighted by Crippen LogP contribution is 2.30. The van der Waals surface area contributed by atoms with Crippen LogP contribution < -0.4 is 5.32 Å². The van der Waals surface area contributed by atoms with E-state index in [-0.39, 0.29) is 11.8 Å². The number of hydrogen-bond donors (Lipinski definition) is 2. The quantitative estimate of drug-likeness (QED) is 0.656. The third-order valence-corrected chi connectivity index (χ3v) is 4.33. The molecule has 0 saturated heterocycles. The Hall–Kier alpha value is -1.51. The molecule has 0 fully saturated rings. The minimum atomic E-state index is -0.178.